The zero-order valence-corrected chi connectivity index (χ0v) is 10.6. The van der Waals surface area contributed by atoms with Crippen LogP contribution in [0, 0.1) is 0 Å². The Morgan fingerprint density at radius 2 is 1.94 bits per heavy atom. The van der Waals surface area contributed by atoms with E-state index >= 15 is 0 Å². The molecule has 1 aliphatic carbocycles. The number of carbonyl (C=O) groups excluding carboxylic acids is 1. The van der Waals surface area contributed by atoms with Gasteiger partial charge >= 0.3 is 0 Å². The molecule has 0 spiro atoms. The maximum absolute atomic E-state index is 12.4. The van der Waals surface area contributed by atoms with E-state index in [0.717, 1.165) is 12.8 Å². The summed E-state index contributed by atoms with van der Waals surface area (Å²) in [4.78, 5) is 11.3. The van der Waals surface area contributed by atoms with E-state index < -0.39 is 22.0 Å². The summed E-state index contributed by atoms with van der Waals surface area (Å²) >= 11 is 0. The number of amides is 1. The van der Waals surface area contributed by atoms with Gasteiger partial charge in [-0.25, -0.2) is 8.42 Å². The first-order valence-corrected chi connectivity index (χ1v) is 7.54. The summed E-state index contributed by atoms with van der Waals surface area (Å²) in [6.07, 6.45) is 3.32. The molecule has 1 atom stereocenters. The minimum Gasteiger partial charge on any atom is -0.368 e. The Bertz CT molecular complexity index is 390. The molecule has 2 rings (SSSR count). The van der Waals surface area contributed by atoms with Gasteiger partial charge in [-0.3, -0.25) is 4.79 Å². The zero-order chi connectivity index (χ0) is 12.5. The van der Waals surface area contributed by atoms with Crippen LogP contribution >= 0.6 is 0 Å². The maximum atomic E-state index is 12.4. The Balaban J connectivity index is 2.20. The van der Waals surface area contributed by atoms with Gasteiger partial charge in [-0.15, -0.1) is 0 Å². The van der Waals surface area contributed by atoms with Crippen molar-refractivity contribution in [2.24, 2.45) is 5.73 Å². The number of hydrogen-bond donors (Lipinski definition) is 2. The van der Waals surface area contributed by atoms with E-state index in [1.807, 2.05) is 0 Å². The number of nitrogens with two attached hydrogens (primary N) is 1. The summed E-state index contributed by atoms with van der Waals surface area (Å²) in [6, 6.07) is -0.727. The molecule has 1 amide bonds. The lowest BCUT2D eigenvalue weighted by molar-refractivity contribution is -0.122. The Morgan fingerprint density at radius 3 is 2.53 bits per heavy atom. The molecule has 3 N–H and O–H groups in total. The Hall–Kier alpha value is -0.660. The van der Waals surface area contributed by atoms with Crippen LogP contribution in [0.2, 0.25) is 0 Å². The van der Waals surface area contributed by atoms with Gasteiger partial charge in [0.2, 0.25) is 15.9 Å². The van der Waals surface area contributed by atoms with Crippen molar-refractivity contribution in [2.75, 3.05) is 19.6 Å². The predicted molar refractivity (Wildman–Crippen MR) is 63.7 cm³/mol. The molecule has 2 fully saturated rings. The summed E-state index contributed by atoms with van der Waals surface area (Å²) in [6.45, 7) is 1.24. The molecule has 98 valence electrons. The number of nitrogens with one attached hydrogen (secondary N) is 1. The third-order valence-electron chi connectivity index (χ3n) is 3.57. The summed E-state index contributed by atoms with van der Waals surface area (Å²) in [5, 5.41) is 2.68. The number of rotatable bonds is 3. The van der Waals surface area contributed by atoms with Crippen LogP contribution in [0.15, 0.2) is 0 Å². The van der Waals surface area contributed by atoms with Crippen molar-refractivity contribution >= 4 is 15.9 Å². The highest BCUT2D eigenvalue weighted by atomic mass is 32.2. The van der Waals surface area contributed by atoms with Gasteiger partial charge in [0.15, 0.2) is 0 Å². The van der Waals surface area contributed by atoms with Crippen LogP contribution in [-0.2, 0) is 14.8 Å². The second-order valence-electron chi connectivity index (χ2n) is 4.68. The van der Waals surface area contributed by atoms with Crippen molar-refractivity contribution in [3.63, 3.8) is 0 Å². The van der Waals surface area contributed by atoms with E-state index in [-0.39, 0.29) is 5.25 Å². The number of hydrogen-bond acceptors (Lipinski definition) is 4. The fourth-order valence-corrected chi connectivity index (χ4v) is 4.80. The number of piperazine rings is 1. The average Bonchev–Trinajstić information content (AvgIpc) is 2.83. The first-order chi connectivity index (χ1) is 8.03. The SMILES string of the molecule is NC(=O)C1CNCCN1S(=O)(=O)C1CCCC1. The van der Waals surface area contributed by atoms with Gasteiger partial charge in [0.1, 0.15) is 6.04 Å². The molecule has 17 heavy (non-hydrogen) atoms. The minimum absolute atomic E-state index is 0.317. The monoisotopic (exact) mass is 261 g/mol. The van der Waals surface area contributed by atoms with Gasteiger partial charge in [0, 0.05) is 19.6 Å². The molecule has 1 saturated heterocycles. The van der Waals surface area contributed by atoms with Crippen LogP contribution < -0.4 is 11.1 Å². The number of primary amides is 1. The molecular weight excluding hydrogens is 242 g/mol. The van der Waals surface area contributed by atoms with Crippen LogP contribution in [0.4, 0.5) is 0 Å². The molecule has 0 radical (unpaired) electrons. The molecule has 0 aromatic heterocycles. The van der Waals surface area contributed by atoms with Gasteiger partial charge in [-0.2, -0.15) is 4.31 Å². The topological polar surface area (TPSA) is 92.5 Å². The highest BCUT2D eigenvalue weighted by Gasteiger charge is 2.40. The highest BCUT2D eigenvalue weighted by Crippen LogP contribution is 2.28. The molecule has 1 aliphatic heterocycles. The maximum Gasteiger partial charge on any atom is 0.237 e. The van der Waals surface area contributed by atoms with Gasteiger partial charge in [0.25, 0.3) is 0 Å². The summed E-state index contributed by atoms with van der Waals surface area (Å²) < 4.78 is 26.1. The van der Waals surface area contributed by atoms with E-state index in [0.29, 0.717) is 32.5 Å². The molecule has 7 heteroatoms. The molecule has 1 unspecified atom stereocenters. The van der Waals surface area contributed by atoms with Crippen LogP contribution in [0.25, 0.3) is 0 Å². The number of nitrogens with zero attached hydrogens (tertiary/aromatic N) is 1. The van der Waals surface area contributed by atoms with Gasteiger partial charge in [0.05, 0.1) is 5.25 Å². The van der Waals surface area contributed by atoms with E-state index in [1.54, 1.807) is 0 Å². The molecule has 0 aromatic rings. The Labute approximate surface area is 102 Å². The molecule has 6 nitrogen and oxygen atoms in total. The minimum atomic E-state index is -3.36. The lowest BCUT2D eigenvalue weighted by Gasteiger charge is -2.34. The number of carbonyl (C=O) groups is 1. The highest BCUT2D eigenvalue weighted by molar-refractivity contribution is 7.89. The quantitative estimate of drug-likeness (QED) is 0.683. The third-order valence-corrected chi connectivity index (χ3v) is 5.98. The van der Waals surface area contributed by atoms with Crippen molar-refractivity contribution in [1.82, 2.24) is 9.62 Å². The van der Waals surface area contributed by atoms with Crippen molar-refractivity contribution < 1.29 is 13.2 Å². The second kappa shape index (κ2) is 4.91. The molecular formula is C10H19N3O3S. The molecule has 0 bridgehead atoms. The normalized spacial score (nSPS) is 28.4. The fourth-order valence-electron chi connectivity index (χ4n) is 2.61. The smallest absolute Gasteiger partial charge is 0.237 e. The number of sulfonamides is 1. The van der Waals surface area contributed by atoms with Gasteiger partial charge in [-0.1, -0.05) is 12.8 Å². The first-order valence-electron chi connectivity index (χ1n) is 6.04. The van der Waals surface area contributed by atoms with Crippen LogP contribution in [-0.4, -0.2) is 49.6 Å². The summed E-state index contributed by atoms with van der Waals surface area (Å²) in [5.74, 6) is -0.571. The molecule has 1 heterocycles. The van der Waals surface area contributed by atoms with Crippen LogP contribution in [0.3, 0.4) is 0 Å². The standard InChI is InChI=1S/C10H19N3O3S/c11-10(14)9-7-12-5-6-13(9)17(15,16)8-3-1-2-4-8/h8-9,12H,1-7H2,(H2,11,14). The second-order valence-corrected chi connectivity index (χ2v) is 6.85. The predicted octanol–water partition coefficient (Wildman–Crippen LogP) is -0.982. The summed E-state index contributed by atoms with van der Waals surface area (Å²) in [7, 11) is -3.36. The first kappa shape index (κ1) is 12.8. The average molecular weight is 261 g/mol. The lowest BCUT2D eigenvalue weighted by atomic mass is 10.2. The van der Waals surface area contributed by atoms with Gasteiger partial charge < -0.3 is 11.1 Å². The van der Waals surface area contributed by atoms with E-state index in [2.05, 4.69) is 5.32 Å². The van der Waals surface area contributed by atoms with Crippen molar-refractivity contribution in [3.8, 4) is 0 Å². The molecule has 0 aromatic carbocycles. The van der Waals surface area contributed by atoms with Gasteiger partial charge in [-0.05, 0) is 12.8 Å². The van der Waals surface area contributed by atoms with Crippen LogP contribution in [0.5, 0.6) is 0 Å². The molecule has 2 aliphatic rings. The van der Waals surface area contributed by atoms with Crippen molar-refractivity contribution in [2.45, 2.75) is 37.0 Å². The van der Waals surface area contributed by atoms with Crippen molar-refractivity contribution in [1.29, 1.82) is 0 Å². The fraction of sp³-hybridized carbons (Fsp3) is 0.900. The third kappa shape index (κ3) is 2.46. The Kier molecular flexibility index (Phi) is 3.70. The van der Waals surface area contributed by atoms with Crippen molar-refractivity contribution in [3.05, 3.63) is 0 Å². The lowest BCUT2D eigenvalue weighted by Crippen LogP contribution is -2.60. The summed E-state index contributed by atoms with van der Waals surface area (Å²) in [5.41, 5.74) is 5.27. The molecule has 1 saturated carbocycles. The van der Waals surface area contributed by atoms with Crippen LogP contribution in [0.1, 0.15) is 25.7 Å². The van der Waals surface area contributed by atoms with E-state index in [9.17, 15) is 13.2 Å². The van der Waals surface area contributed by atoms with E-state index in [4.69, 9.17) is 5.73 Å². The largest absolute Gasteiger partial charge is 0.368 e. The zero-order valence-electron chi connectivity index (χ0n) is 9.76. The Morgan fingerprint density at radius 1 is 1.29 bits per heavy atom. The van der Waals surface area contributed by atoms with E-state index in [1.165, 1.54) is 4.31 Å².